The van der Waals surface area contributed by atoms with E-state index in [1.165, 1.54) is 50.3 Å². The molecule has 2 aliphatic heterocycles. The lowest BCUT2D eigenvalue weighted by Crippen LogP contribution is -2.46. The van der Waals surface area contributed by atoms with Crippen LogP contribution in [-0.4, -0.2) is 41.6 Å². The molecule has 2 heterocycles. The van der Waals surface area contributed by atoms with Crippen molar-refractivity contribution >= 4 is 11.8 Å². The van der Waals surface area contributed by atoms with E-state index in [-0.39, 0.29) is 0 Å². The minimum Gasteiger partial charge on any atom is -0.328 e. The van der Waals surface area contributed by atoms with Crippen LogP contribution in [0.3, 0.4) is 0 Å². The van der Waals surface area contributed by atoms with Crippen molar-refractivity contribution in [2.75, 3.05) is 24.6 Å². The highest BCUT2D eigenvalue weighted by atomic mass is 32.2. The van der Waals surface area contributed by atoms with Crippen molar-refractivity contribution < 1.29 is 0 Å². The summed E-state index contributed by atoms with van der Waals surface area (Å²) < 4.78 is 0. The summed E-state index contributed by atoms with van der Waals surface area (Å²) in [6, 6.07) is 1.27. The molecule has 0 bridgehead atoms. The van der Waals surface area contributed by atoms with Gasteiger partial charge in [0.1, 0.15) is 0 Å². The first kappa shape index (κ1) is 11.7. The predicted molar refractivity (Wildman–Crippen MR) is 68.3 cm³/mol. The number of nitrogens with zero attached hydrogens (tertiary/aromatic N) is 1. The third kappa shape index (κ3) is 3.11. The number of thioether (sulfide) groups is 1. The minimum absolute atomic E-state index is 0.396. The fourth-order valence-corrected chi connectivity index (χ4v) is 4.01. The lowest BCUT2D eigenvalue weighted by atomic mass is 9.90. The van der Waals surface area contributed by atoms with Gasteiger partial charge >= 0.3 is 0 Å². The molecule has 2 saturated heterocycles. The molecule has 0 amide bonds. The number of hydrogen-bond donors (Lipinski definition) is 1. The van der Waals surface area contributed by atoms with Crippen LogP contribution in [0.5, 0.6) is 0 Å². The fraction of sp³-hybridized carbons (Fsp3) is 1.00. The smallest absolute Gasteiger partial charge is 0.0186 e. The SMILES string of the molecule is CC(N)C1CCN(C2CCCSC2)CC1. The van der Waals surface area contributed by atoms with Gasteiger partial charge in [-0.3, -0.25) is 4.90 Å². The molecule has 0 spiro atoms. The van der Waals surface area contributed by atoms with E-state index in [9.17, 15) is 0 Å². The van der Waals surface area contributed by atoms with Gasteiger partial charge < -0.3 is 5.73 Å². The molecule has 0 aliphatic carbocycles. The van der Waals surface area contributed by atoms with E-state index in [1.54, 1.807) is 0 Å². The molecule has 0 aromatic carbocycles. The van der Waals surface area contributed by atoms with Crippen molar-refractivity contribution in [2.24, 2.45) is 11.7 Å². The van der Waals surface area contributed by atoms with Gasteiger partial charge in [0.15, 0.2) is 0 Å². The maximum atomic E-state index is 5.97. The van der Waals surface area contributed by atoms with E-state index in [4.69, 9.17) is 5.73 Å². The number of hydrogen-bond acceptors (Lipinski definition) is 3. The van der Waals surface area contributed by atoms with E-state index in [0.717, 1.165) is 12.0 Å². The Labute approximate surface area is 98.0 Å². The van der Waals surface area contributed by atoms with Crippen LogP contribution in [0.1, 0.15) is 32.6 Å². The predicted octanol–water partition coefficient (Wildman–Crippen LogP) is 1.94. The number of rotatable bonds is 2. The molecule has 0 aromatic heterocycles. The second-order valence-corrected chi connectivity index (χ2v) is 6.25. The van der Waals surface area contributed by atoms with Gasteiger partial charge in [-0.15, -0.1) is 0 Å². The molecule has 2 aliphatic rings. The fourth-order valence-electron chi connectivity index (χ4n) is 2.82. The molecule has 15 heavy (non-hydrogen) atoms. The number of likely N-dealkylation sites (tertiary alicyclic amines) is 1. The monoisotopic (exact) mass is 228 g/mol. The zero-order valence-electron chi connectivity index (χ0n) is 9.82. The minimum atomic E-state index is 0.396. The van der Waals surface area contributed by atoms with Gasteiger partial charge in [0.2, 0.25) is 0 Å². The van der Waals surface area contributed by atoms with Gasteiger partial charge in [0, 0.05) is 17.8 Å². The third-order valence-corrected chi connectivity index (χ3v) is 5.17. The van der Waals surface area contributed by atoms with Crippen LogP contribution in [0.4, 0.5) is 0 Å². The molecule has 2 N–H and O–H groups in total. The molecule has 2 rings (SSSR count). The highest BCUT2D eigenvalue weighted by Gasteiger charge is 2.27. The Morgan fingerprint density at radius 3 is 2.53 bits per heavy atom. The molecule has 0 aromatic rings. The molecule has 2 atom stereocenters. The van der Waals surface area contributed by atoms with Crippen molar-refractivity contribution in [3.05, 3.63) is 0 Å². The summed E-state index contributed by atoms with van der Waals surface area (Å²) >= 11 is 2.14. The molecule has 2 fully saturated rings. The van der Waals surface area contributed by atoms with E-state index in [0.29, 0.717) is 6.04 Å². The Hall–Kier alpha value is 0.270. The van der Waals surface area contributed by atoms with Crippen molar-refractivity contribution in [1.82, 2.24) is 4.90 Å². The highest BCUT2D eigenvalue weighted by Crippen LogP contribution is 2.26. The molecule has 3 heteroatoms. The molecular formula is C12H24N2S. The maximum Gasteiger partial charge on any atom is 0.0186 e. The molecular weight excluding hydrogens is 204 g/mol. The molecule has 2 nitrogen and oxygen atoms in total. The third-order valence-electron chi connectivity index (χ3n) is 3.97. The van der Waals surface area contributed by atoms with E-state index < -0.39 is 0 Å². The average Bonchev–Trinajstić information content (AvgIpc) is 2.30. The second kappa shape index (κ2) is 5.55. The zero-order chi connectivity index (χ0) is 10.7. The summed E-state index contributed by atoms with van der Waals surface area (Å²) in [5.74, 6) is 3.52. The van der Waals surface area contributed by atoms with Crippen LogP contribution in [0.2, 0.25) is 0 Å². The first-order chi connectivity index (χ1) is 7.27. The Kier molecular flexibility index (Phi) is 4.35. The molecule has 0 saturated carbocycles. The average molecular weight is 228 g/mol. The van der Waals surface area contributed by atoms with Gasteiger partial charge in [-0.2, -0.15) is 11.8 Å². The van der Waals surface area contributed by atoms with Gasteiger partial charge in [0.25, 0.3) is 0 Å². The molecule has 0 radical (unpaired) electrons. The number of piperidine rings is 1. The largest absolute Gasteiger partial charge is 0.328 e. The Balaban J connectivity index is 1.77. The zero-order valence-corrected chi connectivity index (χ0v) is 10.6. The van der Waals surface area contributed by atoms with Crippen LogP contribution < -0.4 is 5.73 Å². The molecule has 88 valence electrons. The van der Waals surface area contributed by atoms with Crippen molar-refractivity contribution in [3.63, 3.8) is 0 Å². The van der Waals surface area contributed by atoms with Gasteiger partial charge in [-0.1, -0.05) is 0 Å². The summed E-state index contributed by atoms with van der Waals surface area (Å²) in [6.45, 7) is 4.74. The topological polar surface area (TPSA) is 29.3 Å². The summed E-state index contributed by atoms with van der Waals surface area (Å²) in [4.78, 5) is 2.71. The van der Waals surface area contributed by atoms with Gasteiger partial charge in [0.05, 0.1) is 0 Å². The highest BCUT2D eigenvalue weighted by molar-refractivity contribution is 7.99. The Morgan fingerprint density at radius 1 is 1.27 bits per heavy atom. The summed E-state index contributed by atoms with van der Waals surface area (Å²) in [7, 11) is 0. The van der Waals surface area contributed by atoms with Gasteiger partial charge in [-0.25, -0.2) is 0 Å². The summed E-state index contributed by atoms with van der Waals surface area (Å²) in [6.07, 6.45) is 5.48. The Bertz CT molecular complexity index is 182. The first-order valence-electron chi connectivity index (χ1n) is 6.35. The van der Waals surface area contributed by atoms with Crippen molar-refractivity contribution in [1.29, 1.82) is 0 Å². The lowest BCUT2D eigenvalue weighted by Gasteiger charge is -2.40. The number of nitrogens with two attached hydrogens (primary N) is 1. The van der Waals surface area contributed by atoms with E-state index in [1.807, 2.05) is 0 Å². The van der Waals surface area contributed by atoms with Crippen LogP contribution in [-0.2, 0) is 0 Å². The van der Waals surface area contributed by atoms with Crippen LogP contribution in [0.15, 0.2) is 0 Å². The van der Waals surface area contributed by atoms with Crippen molar-refractivity contribution in [2.45, 2.75) is 44.7 Å². The van der Waals surface area contributed by atoms with Gasteiger partial charge in [-0.05, 0) is 57.4 Å². The normalized spacial score (nSPS) is 32.8. The Morgan fingerprint density at radius 2 is 2.00 bits per heavy atom. The summed E-state index contributed by atoms with van der Waals surface area (Å²) in [5.41, 5.74) is 5.97. The van der Waals surface area contributed by atoms with Crippen molar-refractivity contribution in [3.8, 4) is 0 Å². The molecule has 2 unspecified atom stereocenters. The van der Waals surface area contributed by atoms with Crippen LogP contribution >= 0.6 is 11.8 Å². The maximum absolute atomic E-state index is 5.97. The quantitative estimate of drug-likeness (QED) is 0.783. The van der Waals surface area contributed by atoms with Crippen LogP contribution in [0, 0.1) is 5.92 Å². The lowest BCUT2D eigenvalue weighted by molar-refractivity contribution is 0.128. The van der Waals surface area contributed by atoms with E-state index in [2.05, 4.69) is 23.6 Å². The summed E-state index contributed by atoms with van der Waals surface area (Å²) in [5, 5.41) is 0. The second-order valence-electron chi connectivity index (χ2n) is 5.10. The standard InChI is InChI=1S/C12H24N2S/c1-10(13)11-4-6-14(7-5-11)12-3-2-8-15-9-12/h10-12H,2-9,13H2,1H3. The van der Waals surface area contributed by atoms with E-state index >= 15 is 0 Å². The van der Waals surface area contributed by atoms with Crippen LogP contribution in [0.25, 0.3) is 0 Å². The first-order valence-corrected chi connectivity index (χ1v) is 7.50.